The molecule has 1 fully saturated rings. The molecular formula is C18H16N2. The van der Waals surface area contributed by atoms with Gasteiger partial charge in [0.1, 0.15) is 0 Å². The molecule has 1 saturated heterocycles. The average Bonchev–Trinajstić information content (AvgIpc) is 2.45. The third kappa shape index (κ3) is 2.73. The fraction of sp³-hybridized carbons (Fsp3) is 0.167. The molecule has 0 spiro atoms. The lowest BCUT2D eigenvalue weighted by molar-refractivity contribution is 0.618. The zero-order chi connectivity index (χ0) is 13.8. The van der Waals surface area contributed by atoms with E-state index in [-0.39, 0.29) is 0 Å². The maximum Gasteiger partial charge on any atom is 0.0991 e. The van der Waals surface area contributed by atoms with Gasteiger partial charge in [-0.15, -0.1) is 0 Å². The minimum absolute atomic E-state index is 0.695. The van der Waals surface area contributed by atoms with Gasteiger partial charge in [0.25, 0.3) is 0 Å². The van der Waals surface area contributed by atoms with Crippen molar-refractivity contribution in [3.63, 3.8) is 0 Å². The molecular weight excluding hydrogens is 244 g/mol. The number of anilines is 1. The van der Waals surface area contributed by atoms with Crippen LogP contribution in [0.4, 0.5) is 5.69 Å². The van der Waals surface area contributed by atoms with E-state index in [4.69, 9.17) is 5.26 Å². The number of hydrogen-bond donors (Lipinski definition) is 0. The summed E-state index contributed by atoms with van der Waals surface area (Å²) in [5.74, 6) is 0. The summed E-state index contributed by atoms with van der Waals surface area (Å²) in [6.07, 6.45) is 5.47. The third-order valence-electron chi connectivity index (χ3n) is 3.62. The zero-order valence-corrected chi connectivity index (χ0v) is 11.3. The second-order valence-electron chi connectivity index (χ2n) is 5.00. The lowest BCUT2D eigenvalue weighted by Gasteiger charge is -2.33. The molecule has 2 heteroatoms. The highest BCUT2D eigenvalue weighted by Crippen LogP contribution is 2.21. The van der Waals surface area contributed by atoms with E-state index in [0.29, 0.717) is 5.56 Å². The summed E-state index contributed by atoms with van der Waals surface area (Å²) in [6, 6.07) is 18.4. The van der Waals surface area contributed by atoms with Gasteiger partial charge >= 0.3 is 0 Å². The fourth-order valence-corrected chi connectivity index (χ4v) is 2.23. The first kappa shape index (κ1) is 12.5. The van der Waals surface area contributed by atoms with Crippen molar-refractivity contribution in [3.05, 3.63) is 65.2 Å². The Morgan fingerprint density at radius 3 is 1.85 bits per heavy atom. The van der Waals surface area contributed by atoms with Gasteiger partial charge in [0, 0.05) is 18.8 Å². The summed E-state index contributed by atoms with van der Waals surface area (Å²) in [5.41, 5.74) is 4.31. The Morgan fingerprint density at radius 2 is 1.40 bits per heavy atom. The molecule has 3 rings (SSSR count). The summed E-state index contributed by atoms with van der Waals surface area (Å²) in [7, 11) is 0. The quantitative estimate of drug-likeness (QED) is 0.782. The van der Waals surface area contributed by atoms with Crippen molar-refractivity contribution >= 4 is 17.8 Å². The van der Waals surface area contributed by atoms with Crippen molar-refractivity contribution < 1.29 is 0 Å². The van der Waals surface area contributed by atoms with E-state index >= 15 is 0 Å². The smallest absolute Gasteiger partial charge is 0.0991 e. The molecule has 2 aromatic carbocycles. The highest BCUT2D eigenvalue weighted by Gasteiger charge is 2.13. The summed E-state index contributed by atoms with van der Waals surface area (Å²) >= 11 is 0. The minimum atomic E-state index is 0.695. The molecule has 0 amide bonds. The van der Waals surface area contributed by atoms with E-state index < -0.39 is 0 Å². The van der Waals surface area contributed by atoms with Crippen LogP contribution in [-0.4, -0.2) is 13.1 Å². The van der Waals surface area contributed by atoms with Crippen LogP contribution >= 0.6 is 0 Å². The molecule has 0 saturated carbocycles. The molecule has 0 radical (unpaired) electrons. The molecule has 0 bridgehead atoms. The van der Waals surface area contributed by atoms with E-state index in [1.54, 1.807) is 0 Å². The Morgan fingerprint density at radius 1 is 0.850 bits per heavy atom. The van der Waals surface area contributed by atoms with Gasteiger partial charge in [-0.2, -0.15) is 5.26 Å². The summed E-state index contributed by atoms with van der Waals surface area (Å²) < 4.78 is 0. The molecule has 2 aromatic rings. The summed E-state index contributed by atoms with van der Waals surface area (Å²) in [4.78, 5) is 2.38. The number of rotatable bonds is 3. The van der Waals surface area contributed by atoms with E-state index in [9.17, 15) is 0 Å². The highest BCUT2D eigenvalue weighted by molar-refractivity contribution is 5.70. The number of hydrogen-bond acceptors (Lipinski definition) is 2. The summed E-state index contributed by atoms with van der Waals surface area (Å²) in [6.45, 7) is 2.36. The zero-order valence-electron chi connectivity index (χ0n) is 11.3. The normalized spacial score (nSPS) is 14.1. The molecule has 0 N–H and O–H groups in total. The van der Waals surface area contributed by atoms with Crippen LogP contribution in [0.1, 0.15) is 23.1 Å². The number of nitrogens with zero attached hydrogens (tertiary/aromatic N) is 2. The van der Waals surface area contributed by atoms with Crippen LogP contribution in [0, 0.1) is 11.3 Å². The predicted molar refractivity (Wildman–Crippen MR) is 83.4 cm³/mol. The van der Waals surface area contributed by atoms with Gasteiger partial charge in [-0.05, 0) is 41.8 Å². The van der Waals surface area contributed by atoms with Crippen LogP contribution < -0.4 is 4.90 Å². The van der Waals surface area contributed by atoms with Crippen molar-refractivity contribution in [3.8, 4) is 6.07 Å². The predicted octanol–water partition coefficient (Wildman–Crippen LogP) is 3.94. The Kier molecular flexibility index (Phi) is 3.52. The van der Waals surface area contributed by atoms with E-state index in [1.165, 1.54) is 30.8 Å². The molecule has 1 heterocycles. The van der Waals surface area contributed by atoms with Crippen LogP contribution in [0.15, 0.2) is 48.5 Å². The first-order chi connectivity index (χ1) is 9.85. The molecule has 0 aromatic heterocycles. The third-order valence-corrected chi connectivity index (χ3v) is 3.62. The molecule has 1 aliphatic heterocycles. The fourth-order valence-electron chi connectivity index (χ4n) is 2.23. The van der Waals surface area contributed by atoms with Crippen molar-refractivity contribution in [2.45, 2.75) is 6.42 Å². The van der Waals surface area contributed by atoms with Gasteiger partial charge in [-0.3, -0.25) is 0 Å². The Labute approximate surface area is 119 Å². The lowest BCUT2D eigenvalue weighted by Crippen LogP contribution is -2.36. The SMILES string of the molecule is N#Cc1ccc(/C=C/c2ccc(N3CCC3)cc2)cc1. The molecule has 20 heavy (non-hydrogen) atoms. The van der Waals surface area contributed by atoms with Crippen LogP contribution in [0.3, 0.4) is 0 Å². The average molecular weight is 260 g/mol. The first-order valence-corrected chi connectivity index (χ1v) is 6.88. The van der Waals surface area contributed by atoms with Crippen LogP contribution in [0.25, 0.3) is 12.2 Å². The van der Waals surface area contributed by atoms with Gasteiger partial charge in [-0.1, -0.05) is 36.4 Å². The second kappa shape index (κ2) is 5.63. The molecule has 0 aliphatic carbocycles. The maximum atomic E-state index is 8.76. The van der Waals surface area contributed by atoms with Gasteiger partial charge in [0.05, 0.1) is 11.6 Å². The van der Waals surface area contributed by atoms with Crippen LogP contribution in [0.2, 0.25) is 0 Å². The number of nitriles is 1. The Bertz CT molecular complexity index is 641. The van der Waals surface area contributed by atoms with Crippen molar-refractivity contribution in [2.24, 2.45) is 0 Å². The second-order valence-corrected chi connectivity index (χ2v) is 5.00. The maximum absolute atomic E-state index is 8.76. The van der Waals surface area contributed by atoms with Gasteiger partial charge in [0.15, 0.2) is 0 Å². The minimum Gasteiger partial charge on any atom is -0.371 e. The van der Waals surface area contributed by atoms with Crippen LogP contribution in [0.5, 0.6) is 0 Å². The van der Waals surface area contributed by atoms with Crippen molar-refractivity contribution in [1.82, 2.24) is 0 Å². The molecule has 1 aliphatic rings. The summed E-state index contributed by atoms with van der Waals surface area (Å²) in [5, 5.41) is 8.76. The standard InChI is InChI=1S/C18H16N2/c19-14-17-6-4-15(5-7-17)2-3-16-8-10-18(11-9-16)20-12-1-13-20/h2-11H,1,12-13H2/b3-2+. The highest BCUT2D eigenvalue weighted by atomic mass is 15.2. The van der Waals surface area contributed by atoms with Gasteiger partial charge < -0.3 is 4.90 Å². The van der Waals surface area contributed by atoms with Gasteiger partial charge in [-0.25, -0.2) is 0 Å². The van der Waals surface area contributed by atoms with E-state index in [1.807, 2.05) is 24.3 Å². The van der Waals surface area contributed by atoms with Crippen molar-refractivity contribution in [1.29, 1.82) is 5.26 Å². The van der Waals surface area contributed by atoms with E-state index in [0.717, 1.165) is 5.56 Å². The van der Waals surface area contributed by atoms with Crippen molar-refractivity contribution in [2.75, 3.05) is 18.0 Å². The van der Waals surface area contributed by atoms with Gasteiger partial charge in [0.2, 0.25) is 0 Å². The largest absolute Gasteiger partial charge is 0.371 e. The lowest BCUT2D eigenvalue weighted by atomic mass is 10.1. The monoisotopic (exact) mass is 260 g/mol. The molecule has 98 valence electrons. The molecule has 2 nitrogen and oxygen atoms in total. The first-order valence-electron chi connectivity index (χ1n) is 6.88. The Balaban J connectivity index is 1.69. The number of benzene rings is 2. The Hall–Kier alpha value is -2.53. The molecule has 0 atom stereocenters. The van der Waals surface area contributed by atoms with Crippen LogP contribution in [-0.2, 0) is 0 Å². The topological polar surface area (TPSA) is 27.0 Å². The van der Waals surface area contributed by atoms with E-state index in [2.05, 4.69) is 47.4 Å². The molecule has 0 unspecified atom stereocenters.